The number of carbonyl (C=O) groups is 1. The first kappa shape index (κ1) is 13.0. The van der Waals surface area contributed by atoms with E-state index >= 15 is 0 Å². The highest BCUT2D eigenvalue weighted by Crippen LogP contribution is 2.28. The normalized spacial score (nSPS) is 10.4. The molecule has 1 rings (SSSR count). The van der Waals surface area contributed by atoms with Crippen LogP contribution in [-0.2, 0) is 0 Å². The Morgan fingerprint density at radius 2 is 2.27 bits per heavy atom. The zero-order valence-corrected chi connectivity index (χ0v) is 11.2. The number of hydrogen-bond acceptors (Lipinski definition) is 2. The van der Waals surface area contributed by atoms with Gasteiger partial charge in [-0.05, 0) is 33.8 Å². The Bertz CT molecular complexity index is 384. The van der Waals surface area contributed by atoms with E-state index in [0.29, 0.717) is 4.47 Å². The van der Waals surface area contributed by atoms with Crippen molar-refractivity contribution in [2.24, 2.45) is 0 Å². The summed E-state index contributed by atoms with van der Waals surface area (Å²) >= 11 is 10.2. The van der Waals surface area contributed by atoms with Gasteiger partial charge in [0.2, 0.25) is 0 Å². The maximum atomic E-state index is 13.5. The van der Waals surface area contributed by atoms with Gasteiger partial charge in [-0.1, -0.05) is 18.5 Å². The van der Waals surface area contributed by atoms with Gasteiger partial charge in [0.25, 0.3) is 0 Å². The van der Waals surface area contributed by atoms with Gasteiger partial charge in [-0.15, -0.1) is 0 Å². The summed E-state index contributed by atoms with van der Waals surface area (Å²) < 4.78 is 14.0. The van der Waals surface area contributed by atoms with Crippen molar-refractivity contribution in [1.82, 2.24) is 0 Å². The molecule has 0 unspecified atom stereocenters. The van der Waals surface area contributed by atoms with Crippen LogP contribution in [0.4, 0.5) is 4.39 Å². The summed E-state index contributed by atoms with van der Waals surface area (Å²) in [6.07, 6.45) is 0. The van der Waals surface area contributed by atoms with E-state index in [4.69, 9.17) is 11.6 Å². The second kappa shape index (κ2) is 5.87. The summed E-state index contributed by atoms with van der Waals surface area (Å²) in [6.45, 7) is 1.95. The third-order valence-electron chi connectivity index (χ3n) is 1.77. The molecule has 0 bridgehead atoms. The molecule has 0 saturated heterocycles. The predicted molar refractivity (Wildman–Crippen MR) is 66.4 cm³/mol. The molecule has 1 aromatic rings. The van der Waals surface area contributed by atoms with Crippen LogP contribution in [0, 0.1) is 5.82 Å². The van der Waals surface area contributed by atoms with Crippen LogP contribution in [0.2, 0.25) is 5.02 Å². The molecule has 1 nitrogen and oxygen atoms in total. The Morgan fingerprint density at radius 3 is 2.87 bits per heavy atom. The predicted octanol–water partition coefficient (Wildman–Crippen LogP) is 4.18. The maximum Gasteiger partial charge on any atom is 0.175 e. The fourth-order valence-corrected chi connectivity index (χ4v) is 2.03. The van der Waals surface area contributed by atoms with Crippen LogP contribution in [0.25, 0.3) is 0 Å². The number of rotatable bonds is 4. The van der Waals surface area contributed by atoms with Crippen LogP contribution in [0.1, 0.15) is 17.3 Å². The van der Waals surface area contributed by atoms with Gasteiger partial charge in [0.05, 0.1) is 16.3 Å². The molecule has 0 radical (unpaired) electrons. The smallest absolute Gasteiger partial charge is 0.175 e. The minimum absolute atomic E-state index is 0.0395. The first-order valence-electron chi connectivity index (χ1n) is 4.32. The second-order valence-corrected chi connectivity index (χ2v) is 5.29. The SMILES string of the molecule is CCSCC(=O)c1ccc(Br)c(Cl)c1F. The third kappa shape index (κ3) is 3.20. The number of benzene rings is 1. The van der Waals surface area contributed by atoms with E-state index in [1.165, 1.54) is 17.8 Å². The Hall–Kier alpha value is -0.0600. The first-order valence-corrected chi connectivity index (χ1v) is 6.65. The van der Waals surface area contributed by atoms with E-state index in [1.54, 1.807) is 6.07 Å². The minimum atomic E-state index is -0.646. The van der Waals surface area contributed by atoms with Crippen LogP contribution in [-0.4, -0.2) is 17.3 Å². The molecule has 0 spiro atoms. The van der Waals surface area contributed by atoms with Gasteiger partial charge in [0.15, 0.2) is 11.6 Å². The summed E-state index contributed by atoms with van der Waals surface area (Å²) in [5, 5.41) is -0.0395. The van der Waals surface area contributed by atoms with Crippen LogP contribution in [0.3, 0.4) is 0 Å². The molecule has 0 N–H and O–H groups in total. The lowest BCUT2D eigenvalue weighted by atomic mass is 10.1. The topological polar surface area (TPSA) is 17.1 Å². The van der Waals surface area contributed by atoms with Crippen LogP contribution >= 0.6 is 39.3 Å². The van der Waals surface area contributed by atoms with Gasteiger partial charge in [-0.25, -0.2) is 4.39 Å². The van der Waals surface area contributed by atoms with Crippen molar-refractivity contribution in [1.29, 1.82) is 0 Å². The molecule has 15 heavy (non-hydrogen) atoms. The summed E-state index contributed by atoms with van der Waals surface area (Å²) in [5.41, 5.74) is 0.0594. The zero-order chi connectivity index (χ0) is 11.4. The van der Waals surface area contributed by atoms with E-state index in [0.717, 1.165) is 5.75 Å². The van der Waals surface area contributed by atoms with Crippen molar-refractivity contribution < 1.29 is 9.18 Å². The fraction of sp³-hybridized carbons (Fsp3) is 0.300. The van der Waals surface area contributed by atoms with Crippen LogP contribution in [0.15, 0.2) is 16.6 Å². The van der Waals surface area contributed by atoms with Crippen molar-refractivity contribution in [3.63, 3.8) is 0 Å². The van der Waals surface area contributed by atoms with Gasteiger partial charge in [-0.3, -0.25) is 4.79 Å². The monoisotopic (exact) mass is 310 g/mol. The van der Waals surface area contributed by atoms with Gasteiger partial charge < -0.3 is 0 Å². The molecule has 0 atom stereocenters. The van der Waals surface area contributed by atoms with E-state index < -0.39 is 5.82 Å². The highest BCUT2D eigenvalue weighted by Gasteiger charge is 2.15. The van der Waals surface area contributed by atoms with E-state index in [2.05, 4.69) is 15.9 Å². The molecule has 0 amide bonds. The van der Waals surface area contributed by atoms with Gasteiger partial charge in [0.1, 0.15) is 0 Å². The second-order valence-electron chi connectivity index (χ2n) is 2.78. The summed E-state index contributed by atoms with van der Waals surface area (Å²) in [7, 11) is 0. The molecule has 82 valence electrons. The molecule has 0 aromatic heterocycles. The van der Waals surface area contributed by atoms with Crippen molar-refractivity contribution in [2.45, 2.75) is 6.92 Å². The number of thioether (sulfide) groups is 1. The number of halogens is 3. The molecular weight excluding hydrogens is 303 g/mol. The van der Waals surface area contributed by atoms with E-state index in [-0.39, 0.29) is 22.1 Å². The quantitative estimate of drug-likeness (QED) is 0.613. The Morgan fingerprint density at radius 1 is 1.60 bits per heavy atom. The molecule has 0 aliphatic carbocycles. The van der Waals surface area contributed by atoms with Crippen LogP contribution < -0.4 is 0 Å². The van der Waals surface area contributed by atoms with Gasteiger partial charge in [-0.2, -0.15) is 11.8 Å². The Kier molecular flexibility index (Phi) is 5.09. The molecular formula is C10H9BrClFOS. The Labute approximate surface area is 106 Å². The van der Waals surface area contributed by atoms with E-state index in [9.17, 15) is 9.18 Å². The molecule has 0 heterocycles. The Balaban J connectivity index is 2.95. The number of ketones is 1. The number of carbonyl (C=O) groups excluding carboxylic acids is 1. The molecule has 5 heteroatoms. The molecule has 1 aromatic carbocycles. The fourth-order valence-electron chi connectivity index (χ4n) is 1.01. The van der Waals surface area contributed by atoms with Crippen molar-refractivity contribution in [3.8, 4) is 0 Å². The lowest BCUT2D eigenvalue weighted by Gasteiger charge is -2.04. The lowest BCUT2D eigenvalue weighted by molar-refractivity contribution is 0.101. The van der Waals surface area contributed by atoms with Gasteiger partial charge in [0, 0.05) is 4.47 Å². The first-order chi connectivity index (χ1) is 7.07. The highest BCUT2D eigenvalue weighted by molar-refractivity contribution is 9.10. The van der Waals surface area contributed by atoms with Crippen molar-refractivity contribution in [2.75, 3.05) is 11.5 Å². The van der Waals surface area contributed by atoms with E-state index in [1.807, 2.05) is 6.92 Å². The lowest BCUT2D eigenvalue weighted by Crippen LogP contribution is -2.06. The van der Waals surface area contributed by atoms with Crippen molar-refractivity contribution >= 4 is 45.1 Å². The standard InChI is InChI=1S/C10H9BrClFOS/c1-2-15-5-8(14)6-3-4-7(11)9(12)10(6)13/h3-4H,2,5H2,1H3. The van der Waals surface area contributed by atoms with Crippen LogP contribution in [0.5, 0.6) is 0 Å². The maximum absolute atomic E-state index is 13.5. The zero-order valence-electron chi connectivity index (χ0n) is 8.02. The minimum Gasteiger partial charge on any atom is -0.293 e. The highest BCUT2D eigenvalue weighted by atomic mass is 79.9. The number of hydrogen-bond donors (Lipinski definition) is 0. The average Bonchev–Trinajstić information content (AvgIpc) is 2.23. The average molecular weight is 312 g/mol. The molecule has 0 saturated carbocycles. The van der Waals surface area contributed by atoms with Gasteiger partial charge >= 0.3 is 0 Å². The summed E-state index contributed by atoms with van der Waals surface area (Å²) in [4.78, 5) is 11.6. The summed E-state index contributed by atoms with van der Waals surface area (Å²) in [5.74, 6) is 0.240. The molecule has 0 aliphatic heterocycles. The molecule has 0 aliphatic rings. The van der Waals surface area contributed by atoms with Crippen molar-refractivity contribution in [3.05, 3.63) is 33.0 Å². The number of Topliss-reactive ketones (excluding diaryl/α,β-unsaturated/α-hetero) is 1. The summed E-state index contributed by atoms with van der Waals surface area (Å²) in [6, 6.07) is 3.03. The molecule has 0 fully saturated rings. The third-order valence-corrected chi connectivity index (χ3v) is 3.91. The largest absolute Gasteiger partial charge is 0.293 e.